The normalized spacial score (nSPS) is 10.4. The fourth-order valence-electron chi connectivity index (χ4n) is 0. The van der Waals surface area contributed by atoms with Crippen LogP contribution in [0.3, 0.4) is 0 Å². The molecule has 0 aliphatic rings. The van der Waals surface area contributed by atoms with Gasteiger partial charge in [-0.25, -0.2) is 0 Å². The van der Waals surface area contributed by atoms with Gasteiger partial charge in [0.2, 0.25) is 0 Å². The molecule has 0 rings (SSSR count). The summed E-state index contributed by atoms with van der Waals surface area (Å²) in [6.07, 6.45) is 1.11. The van der Waals surface area contributed by atoms with Crippen molar-refractivity contribution in [3.63, 3.8) is 0 Å². The van der Waals surface area contributed by atoms with Crippen molar-refractivity contribution in [3.8, 4) is 0 Å². The second kappa shape index (κ2) is 9.21. The van der Waals surface area contributed by atoms with E-state index in [9.17, 15) is 0 Å². The van der Waals surface area contributed by atoms with Crippen LogP contribution in [0.25, 0.3) is 0 Å². The quantitative estimate of drug-likeness (QED) is 0.342. The maximum absolute atomic E-state index is 8.55. The zero-order valence-electron chi connectivity index (χ0n) is 8.07. The fraction of sp³-hybridized carbons (Fsp3) is 0.600. The second-order valence-corrected chi connectivity index (χ2v) is 3.99. The van der Waals surface area contributed by atoms with Crippen LogP contribution in [0, 0.1) is 0 Å². The lowest BCUT2D eigenvalue weighted by atomic mass is 10.3. The molecule has 0 bridgehead atoms. The van der Waals surface area contributed by atoms with Gasteiger partial charge < -0.3 is 38.5 Å². The molecule has 0 aromatic carbocycles. The molecule has 0 aromatic rings. The summed E-state index contributed by atoms with van der Waals surface area (Å²) in [6.45, 7) is 7.80. The summed E-state index contributed by atoms with van der Waals surface area (Å²) >= 11 is 0. The summed E-state index contributed by atoms with van der Waals surface area (Å²) in [5.41, 5.74) is 1.25. The minimum Gasteiger partial charge on any atom is -0.822 e. The molecule has 0 aliphatic carbocycles. The molecule has 0 aromatic heterocycles. The second-order valence-electron chi connectivity index (χ2n) is 2.21. The van der Waals surface area contributed by atoms with E-state index in [0.29, 0.717) is 0 Å². The topological polar surface area (TPSA) is 172 Å². The predicted molar refractivity (Wildman–Crippen MR) is 40.3 cm³/mol. The van der Waals surface area contributed by atoms with Crippen LogP contribution >= 0.6 is 15.6 Å². The van der Waals surface area contributed by atoms with Crippen LogP contribution in [-0.4, -0.2) is 0 Å². The van der Waals surface area contributed by atoms with Gasteiger partial charge in [-0.2, -0.15) is 15.6 Å². The number of rotatable bonds is 1. The summed E-state index contributed by atoms with van der Waals surface area (Å²) in [4.78, 5) is 51.3. The molecular formula is C5H10O8P2-6. The van der Waals surface area contributed by atoms with Crippen molar-refractivity contribution in [2.24, 2.45) is 0 Å². The molecule has 0 aliphatic heterocycles. The Labute approximate surface area is 87.4 Å². The first kappa shape index (κ1) is 20.4. The molecule has 10 heteroatoms. The zero-order chi connectivity index (χ0) is 13.3. The van der Waals surface area contributed by atoms with Crippen LogP contribution in [0.15, 0.2) is 12.2 Å². The Kier molecular flexibility index (Phi) is 12.5. The van der Waals surface area contributed by atoms with Crippen molar-refractivity contribution >= 4 is 15.6 Å². The van der Waals surface area contributed by atoms with Gasteiger partial charge in [0.15, 0.2) is 0 Å². The Bertz CT molecular complexity index is 213. The number of hydrogen-bond acceptors (Lipinski definition) is 8. The van der Waals surface area contributed by atoms with Crippen molar-refractivity contribution in [1.29, 1.82) is 0 Å². The molecule has 0 saturated heterocycles. The Morgan fingerprint density at radius 1 is 1.00 bits per heavy atom. The Morgan fingerprint density at radius 3 is 1.07 bits per heavy atom. The smallest absolute Gasteiger partial charge is 0.0354 e. The van der Waals surface area contributed by atoms with Crippen molar-refractivity contribution in [2.75, 3.05) is 0 Å². The van der Waals surface area contributed by atoms with Gasteiger partial charge in [0.05, 0.1) is 0 Å². The van der Waals surface area contributed by atoms with Crippen molar-refractivity contribution in [2.45, 2.75) is 20.3 Å². The van der Waals surface area contributed by atoms with Crippen molar-refractivity contribution in [3.05, 3.63) is 12.2 Å². The van der Waals surface area contributed by atoms with E-state index in [1.807, 2.05) is 6.92 Å². The van der Waals surface area contributed by atoms with Crippen LogP contribution < -0.4 is 29.4 Å². The lowest BCUT2D eigenvalue weighted by Crippen LogP contribution is -2.24. The molecular weight excluding hydrogens is 250 g/mol. The van der Waals surface area contributed by atoms with Crippen LogP contribution in [-0.2, 0) is 9.13 Å². The molecule has 0 amide bonds. The molecule has 94 valence electrons. The van der Waals surface area contributed by atoms with E-state index in [1.54, 1.807) is 0 Å². The first-order valence-electron chi connectivity index (χ1n) is 3.37. The molecule has 8 nitrogen and oxygen atoms in total. The average Bonchev–Trinajstić information content (AvgIpc) is 1.79. The molecule has 0 N–H and O–H groups in total. The molecule has 0 unspecified atom stereocenters. The summed E-state index contributed by atoms with van der Waals surface area (Å²) < 4.78 is 17.1. The van der Waals surface area contributed by atoms with E-state index in [2.05, 4.69) is 13.5 Å². The molecule has 0 heterocycles. The maximum Gasteiger partial charge on any atom is -0.0354 e. The molecule has 0 saturated carbocycles. The van der Waals surface area contributed by atoms with E-state index < -0.39 is 15.6 Å². The minimum absolute atomic E-state index is 1.11. The average molecular weight is 260 g/mol. The minimum atomic E-state index is -5.39. The van der Waals surface area contributed by atoms with Gasteiger partial charge in [-0.15, -0.1) is 6.58 Å². The maximum atomic E-state index is 8.55. The highest BCUT2D eigenvalue weighted by Gasteiger charge is 1.67. The monoisotopic (exact) mass is 260 g/mol. The molecule has 0 radical (unpaired) electrons. The summed E-state index contributed by atoms with van der Waals surface area (Å²) in [7, 11) is -10.8. The van der Waals surface area contributed by atoms with Gasteiger partial charge in [0.1, 0.15) is 0 Å². The van der Waals surface area contributed by atoms with E-state index in [0.717, 1.165) is 6.42 Å². The zero-order valence-corrected chi connectivity index (χ0v) is 9.86. The van der Waals surface area contributed by atoms with Crippen LogP contribution in [0.5, 0.6) is 0 Å². The van der Waals surface area contributed by atoms with Gasteiger partial charge in [-0.1, -0.05) is 12.5 Å². The van der Waals surface area contributed by atoms with E-state index in [1.165, 1.54) is 5.57 Å². The highest BCUT2D eigenvalue weighted by molar-refractivity contribution is 7.40. The van der Waals surface area contributed by atoms with Crippen molar-refractivity contribution in [1.82, 2.24) is 0 Å². The first-order valence-corrected chi connectivity index (χ1v) is 6.30. The number of allylic oxidation sites excluding steroid dienone is 1. The summed E-state index contributed by atoms with van der Waals surface area (Å²) in [6, 6.07) is 0. The SMILES string of the molecule is C=C(C)CC.O=P([O-])([O-])[O-].O=P([O-])([O-])[O-]. The Morgan fingerprint density at radius 2 is 1.07 bits per heavy atom. The van der Waals surface area contributed by atoms with Gasteiger partial charge in [-0.05, 0) is 13.3 Å². The predicted octanol–water partition coefficient (Wildman–Crippen LogP) is -3.68. The largest absolute Gasteiger partial charge is 0.822 e. The summed E-state index contributed by atoms with van der Waals surface area (Å²) in [5.74, 6) is 0. The Balaban J connectivity index is -0.000000144. The van der Waals surface area contributed by atoms with Crippen LogP contribution in [0.4, 0.5) is 0 Å². The van der Waals surface area contributed by atoms with E-state index in [-0.39, 0.29) is 0 Å². The molecule has 15 heavy (non-hydrogen) atoms. The van der Waals surface area contributed by atoms with Gasteiger partial charge in [-0.3, -0.25) is 0 Å². The van der Waals surface area contributed by atoms with Crippen LogP contribution in [0.2, 0.25) is 0 Å². The van der Waals surface area contributed by atoms with Gasteiger partial charge in [0.25, 0.3) is 0 Å². The molecule has 0 spiro atoms. The Hall–Kier alpha value is -0.0400. The molecule has 0 atom stereocenters. The third-order valence-electron chi connectivity index (χ3n) is 0.604. The van der Waals surface area contributed by atoms with E-state index >= 15 is 0 Å². The van der Waals surface area contributed by atoms with Crippen molar-refractivity contribution < 1.29 is 38.5 Å². The fourth-order valence-corrected chi connectivity index (χ4v) is 0. The third kappa shape index (κ3) is 520. The summed E-state index contributed by atoms with van der Waals surface area (Å²) in [5, 5.41) is 0. The van der Waals surface area contributed by atoms with Gasteiger partial charge >= 0.3 is 0 Å². The van der Waals surface area contributed by atoms with Crippen LogP contribution in [0.1, 0.15) is 20.3 Å². The molecule has 0 fully saturated rings. The highest BCUT2D eigenvalue weighted by atomic mass is 31.2. The van der Waals surface area contributed by atoms with Gasteiger partial charge in [0, 0.05) is 0 Å². The highest BCUT2D eigenvalue weighted by Crippen LogP contribution is 2.03. The first-order chi connectivity index (χ1) is 6.27. The standard InChI is InChI=1S/C5H10.2H3O4P/c1-4-5(2)3;2*1-5(2,3)4/h2,4H2,1,3H3;2*(H3,1,2,3,4)/p-6. The van der Waals surface area contributed by atoms with E-state index in [4.69, 9.17) is 38.5 Å². The number of hydrogen-bond donors (Lipinski definition) is 0. The number of phosphoric acid groups is 2. The third-order valence-corrected chi connectivity index (χ3v) is 0.604. The lowest BCUT2D eigenvalue weighted by molar-refractivity contribution is -0.434. The lowest BCUT2D eigenvalue weighted by Gasteiger charge is -2.36.